The van der Waals surface area contributed by atoms with Gasteiger partial charge in [-0.2, -0.15) is 0 Å². The fraction of sp³-hybridized carbons (Fsp3) is 0.385. The summed E-state index contributed by atoms with van der Waals surface area (Å²) in [5.41, 5.74) is -4.48. The second-order valence-corrected chi connectivity index (χ2v) is 5.89. The first kappa shape index (κ1) is 17.9. The quantitative estimate of drug-likeness (QED) is 0.331. The van der Waals surface area contributed by atoms with Crippen molar-refractivity contribution in [3.8, 4) is 0 Å². The van der Waals surface area contributed by atoms with Gasteiger partial charge in [0.25, 0.3) is 5.54 Å². The summed E-state index contributed by atoms with van der Waals surface area (Å²) in [7, 11) is 0. The fourth-order valence-corrected chi connectivity index (χ4v) is 3.11. The maximum absolute atomic E-state index is 11.5. The second-order valence-electron chi connectivity index (χ2n) is 5.89. The van der Waals surface area contributed by atoms with Crippen LogP contribution in [-0.2, 0) is 11.0 Å². The Balaban J connectivity index is 2.95. The van der Waals surface area contributed by atoms with E-state index in [9.17, 15) is 40.5 Å². The van der Waals surface area contributed by atoms with Crippen LogP contribution < -0.4 is 0 Å². The maximum atomic E-state index is 11.5. The SMILES string of the molecule is CC1([N+](=O)[O-])C=CC(C)(C([N+](=O)[O-])([N+](=O)[O-])[N+](=O)[O-])c2ccccc21. The van der Waals surface area contributed by atoms with Gasteiger partial charge in [-0.3, -0.25) is 40.5 Å². The van der Waals surface area contributed by atoms with Gasteiger partial charge in [0.2, 0.25) is 5.41 Å². The van der Waals surface area contributed by atoms with Gasteiger partial charge in [-0.05, 0) is 24.6 Å². The van der Waals surface area contributed by atoms with Crippen molar-refractivity contribution >= 4 is 0 Å². The third-order valence-corrected chi connectivity index (χ3v) is 4.61. The van der Waals surface area contributed by atoms with Crippen LogP contribution in [-0.4, -0.2) is 25.5 Å². The topological polar surface area (TPSA) is 173 Å². The molecule has 0 N–H and O–H groups in total. The zero-order chi connectivity index (χ0) is 19.2. The highest BCUT2D eigenvalue weighted by atomic mass is 16.7. The molecule has 12 nitrogen and oxygen atoms in total. The molecule has 1 aliphatic rings. The van der Waals surface area contributed by atoms with Gasteiger partial charge in [0, 0.05) is 17.4 Å². The molecule has 12 heteroatoms. The van der Waals surface area contributed by atoms with E-state index >= 15 is 0 Å². The molecule has 0 spiro atoms. The normalized spacial score (nSPS) is 25.0. The minimum absolute atomic E-state index is 0.0834. The summed E-state index contributed by atoms with van der Waals surface area (Å²) in [5, 5.41) is 45.9. The van der Waals surface area contributed by atoms with Crippen molar-refractivity contribution in [1.82, 2.24) is 0 Å². The minimum atomic E-state index is -3.84. The lowest BCUT2D eigenvalue weighted by Gasteiger charge is -2.34. The Morgan fingerprint density at radius 2 is 1.24 bits per heavy atom. The Morgan fingerprint density at radius 3 is 1.64 bits per heavy atom. The molecule has 0 saturated heterocycles. The second kappa shape index (κ2) is 5.29. The Hall–Kier alpha value is -3.44. The predicted molar refractivity (Wildman–Crippen MR) is 81.0 cm³/mol. The molecule has 132 valence electrons. The highest BCUT2D eigenvalue weighted by Crippen LogP contribution is 2.48. The molecule has 0 heterocycles. The van der Waals surface area contributed by atoms with Crippen molar-refractivity contribution in [2.45, 2.75) is 30.6 Å². The molecule has 0 bridgehead atoms. The van der Waals surface area contributed by atoms with E-state index in [0.717, 1.165) is 19.1 Å². The minimum Gasteiger partial charge on any atom is -0.263 e. The Kier molecular flexibility index (Phi) is 3.79. The van der Waals surface area contributed by atoms with Gasteiger partial charge in [0.15, 0.2) is 14.8 Å². The lowest BCUT2D eigenvalue weighted by atomic mass is 9.66. The molecule has 0 aliphatic heterocycles. The predicted octanol–water partition coefficient (Wildman–Crippen LogP) is 1.49. The molecule has 0 amide bonds. The third kappa shape index (κ3) is 2.00. The van der Waals surface area contributed by atoms with E-state index in [4.69, 9.17) is 0 Å². The molecule has 0 fully saturated rings. The molecule has 1 aromatic carbocycles. The fourth-order valence-electron chi connectivity index (χ4n) is 3.11. The van der Waals surface area contributed by atoms with Gasteiger partial charge < -0.3 is 0 Å². The van der Waals surface area contributed by atoms with Crippen molar-refractivity contribution in [3.63, 3.8) is 0 Å². The number of hydrogen-bond donors (Lipinski definition) is 0. The van der Waals surface area contributed by atoms with E-state index in [1.807, 2.05) is 0 Å². The Labute approximate surface area is 139 Å². The van der Waals surface area contributed by atoms with Crippen molar-refractivity contribution in [2.75, 3.05) is 0 Å². The number of benzene rings is 1. The van der Waals surface area contributed by atoms with Crippen molar-refractivity contribution in [2.24, 2.45) is 0 Å². The van der Waals surface area contributed by atoms with Crippen LogP contribution in [0.1, 0.15) is 25.0 Å². The van der Waals surface area contributed by atoms with Gasteiger partial charge in [-0.25, -0.2) is 0 Å². The van der Waals surface area contributed by atoms with Gasteiger partial charge >= 0.3 is 5.79 Å². The number of rotatable bonds is 5. The van der Waals surface area contributed by atoms with E-state index in [1.54, 1.807) is 0 Å². The van der Waals surface area contributed by atoms with Crippen molar-refractivity contribution < 1.29 is 19.7 Å². The number of hydrogen-bond acceptors (Lipinski definition) is 8. The smallest absolute Gasteiger partial charge is 0.263 e. The zero-order valence-corrected chi connectivity index (χ0v) is 13.0. The van der Waals surface area contributed by atoms with Crippen LogP contribution in [0.4, 0.5) is 0 Å². The van der Waals surface area contributed by atoms with Crippen LogP contribution in [0.5, 0.6) is 0 Å². The Morgan fingerprint density at radius 1 is 0.800 bits per heavy atom. The molecule has 1 aromatic rings. The zero-order valence-electron chi connectivity index (χ0n) is 13.0. The standard InChI is InChI=1S/C13H12N4O8/c1-11(13(15(20)21,16(22)23)17(24)25)7-8-12(2,14(18)19)10-6-4-3-5-9(10)11/h3-8H,1-2H3. The molecule has 2 atom stereocenters. The van der Waals surface area contributed by atoms with Crippen LogP contribution in [0, 0.1) is 40.5 Å². The Bertz CT molecular complexity index is 801. The van der Waals surface area contributed by atoms with Crippen LogP contribution in [0.3, 0.4) is 0 Å². The van der Waals surface area contributed by atoms with Gasteiger partial charge in [-0.1, -0.05) is 24.3 Å². The summed E-state index contributed by atoms with van der Waals surface area (Å²) in [6.45, 7) is 2.16. The van der Waals surface area contributed by atoms with Gasteiger partial charge in [0.05, 0.1) is 0 Å². The molecule has 0 aromatic heterocycles. The lowest BCUT2D eigenvalue weighted by Crippen LogP contribution is -2.66. The van der Waals surface area contributed by atoms with Crippen molar-refractivity contribution in [3.05, 3.63) is 88.0 Å². The first-order valence-electron chi connectivity index (χ1n) is 6.84. The van der Waals surface area contributed by atoms with E-state index < -0.39 is 36.4 Å². The molecule has 2 rings (SSSR count). The van der Waals surface area contributed by atoms with E-state index in [2.05, 4.69) is 0 Å². The molecule has 25 heavy (non-hydrogen) atoms. The van der Waals surface area contributed by atoms with E-state index in [-0.39, 0.29) is 11.1 Å². The first-order chi connectivity index (χ1) is 11.5. The highest BCUT2D eigenvalue weighted by Gasteiger charge is 2.83. The number of fused-ring (bicyclic) bond motifs is 1. The summed E-state index contributed by atoms with van der Waals surface area (Å²) in [5.74, 6) is -3.84. The summed E-state index contributed by atoms with van der Waals surface area (Å²) in [6.07, 6.45) is 1.73. The highest BCUT2D eigenvalue weighted by molar-refractivity contribution is 5.47. The molecule has 2 unspecified atom stereocenters. The summed E-state index contributed by atoms with van der Waals surface area (Å²) < 4.78 is 0. The molecule has 0 radical (unpaired) electrons. The largest absolute Gasteiger partial charge is 0.712 e. The third-order valence-electron chi connectivity index (χ3n) is 4.61. The number of nitro groups is 4. The van der Waals surface area contributed by atoms with Crippen LogP contribution in [0.15, 0.2) is 36.4 Å². The summed E-state index contributed by atoms with van der Waals surface area (Å²) in [4.78, 5) is 40.4. The molecule has 1 aliphatic carbocycles. The first-order valence-corrected chi connectivity index (χ1v) is 6.84. The van der Waals surface area contributed by atoms with Crippen LogP contribution in [0.2, 0.25) is 0 Å². The molecular weight excluding hydrogens is 340 g/mol. The lowest BCUT2D eigenvalue weighted by molar-refractivity contribution is -0.978. The average molecular weight is 352 g/mol. The monoisotopic (exact) mass is 352 g/mol. The maximum Gasteiger partial charge on any atom is 0.712 e. The van der Waals surface area contributed by atoms with Crippen LogP contribution >= 0.6 is 0 Å². The van der Waals surface area contributed by atoms with Gasteiger partial charge in [0.1, 0.15) is 0 Å². The molecule has 0 saturated carbocycles. The number of nitrogens with zero attached hydrogens (tertiary/aromatic N) is 4. The van der Waals surface area contributed by atoms with Gasteiger partial charge in [-0.15, -0.1) is 0 Å². The summed E-state index contributed by atoms with van der Waals surface area (Å²) >= 11 is 0. The van der Waals surface area contributed by atoms with Crippen LogP contribution in [0.25, 0.3) is 0 Å². The van der Waals surface area contributed by atoms with Crippen molar-refractivity contribution in [1.29, 1.82) is 0 Å². The molecular formula is C13H12N4O8. The van der Waals surface area contributed by atoms with E-state index in [1.165, 1.54) is 31.2 Å². The van der Waals surface area contributed by atoms with E-state index in [0.29, 0.717) is 0 Å². The summed E-state index contributed by atoms with van der Waals surface area (Å²) in [6, 6.07) is 5.21. The average Bonchev–Trinajstić information content (AvgIpc) is 2.51.